The summed E-state index contributed by atoms with van der Waals surface area (Å²) in [5, 5.41) is 6.56. The van der Waals surface area contributed by atoms with Crippen molar-refractivity contribution < 1.29 is 14.3 Å². The highest BCUT2D eigenvalue weighted by Crippen LogP contribution is 2.24. The smallest absolute Gasteiger partial charge is 0.321 e. The number of benzene rings is 2. The summed E-state index contributed by atoms with van der Waals surface area (Å²) in [6.07, 6.45) is -0.768. The molecule has 2 rings (SSSR count). The fourth-order valence-corrected chi connectivity index (χ4v) is 2.18. The summed E-state index contributed by atoms with van der Waals surface area (Å²) in [5.41, 5.74) is 0. The molecule has 2 aromatic rings. The normalized spacial score (nSPS) is 11.8. The van der Waals surface area contributed by atoms with Crippen molar-refractivity contribution in [2.75, 3.05) is 7.05 Å². The first-order chi connectivity index (χ1) is 9.99. The molecule has 2 aromatic carbocycles. The molecular weight excluding hydrogens is 336 g/mol. The second-order valence-electron chi connectivity index (χ2n) is 4.48. The van der Waals surface area contributed by atoms with Gasteiger partial charge in [0.1, 0.15) is 5.75 Å². The van der Waals surface area contributed by atoms with E-state index in [0.29, 0.717) is 5.75 Å². The Morgan fingerprint density at radius 2 is 1.81 bits per heavy atom. The van der Waals surface area contributed by atoms with Gasteiger partial charge in [-0.05, 0) is 42.0 Å². The quantitative estimate of drug-likeness (QED) is 0.894. The standard InChI is InChI=1S/C15H15BrN2O3/c1-9(14(19)18-15(20)17-2)21-13-6-4-10-7-12(16)5-3-11(10)8-13/h3-9H,1-2H3,(H2,17,18,19,20)/t9-/m1/s1. The Bertz CT molecular complexity index is 688. The molecule has 0 saturated heterocycles. The maximum atomic E-state index is 11.7. The second kappa shape index (κ2) is 6.58. The first-order valence-electron chi connectivity index (χ1n) is 6.38. The Kier molecular flexibility index (Phi) is 4.80. The van der Waals surface area contributed by atoms with Crippen LogP contribution in [0.1, 0.15) is 6.92 Å². The largest absolute Gasteiger partial charge is 0.481 e. The molecule has 0 aliphatic heterocycles. The zero-order valence-corrected chi connectivity index (χ0v) is 13.2. The van der Waals surface area contributed by atoms with Gasteiger partial charge in [0.25, 0.3) is 5.91 Å². The minimum atomic E-state index is -0.768. The monoisotopic (exact) mass is 350 g/mol. The summed E-state index contributed by atoms with van der Waals surface area (Å²) in [6, 6.07) is 10.9. The predicted octanol–water partition coefficient (Wildman–Crippen LogP) is 2.83. The maximum Gasteiger partial charge on any atom is 0.321 e. The van der Waals surface area contributed by atoms with Crippen LogP contribution < -0.4 is 15.4 Å². The Balaban J connectivity index is 2.10. The molecule has 0 unspecified atom stereocenters. The second-order valence-corrected chi connectivity index (χ2v) is 5.40. The van der Waals surface area contributed by atoms with Gasteiger partial charge in [0.15, 0.2) is 6.10 Å². The zero-order chi connectivity index (χ0) is 15.4. The van der Waals surface area contributed by atoms with Gasteiger partial charge in [-0.15, -0.1) is 0 Å². The van der Waals surface area contributed by atoms with Crippen molar-refractivity contribution in [1.29, 1.82) is 0 Å². The molecule has 21 heavy (non-hydrogen) atoms. The molecule has 0 spiro atoms. The minimum absolute atomic E-state index is 0.495. The van der Waals surface area contributed by atoms with Gasteiger partial charge in [-0.1, -0.05) is 28.1 Å². The molecule has 0 radical (unpaired) electrons. The molecule has 2 N–H and O–H groups in total. The van der Waals surface area contributed by atoms with Crippen LogP contribution in [0.5, 0.6) is 5.75 Å². The van der Waals surface area contributed by atoms with E-state index < -0.39 is 18.0 Å². The van der Waals surface area contributed by atoms with Crippen LogP contribution in [-0.2, 0) is 4.79 Å². The molecule has 0 aliphatic rings. The molecule has 1 atom stereocenters. The van der Waals surface area contributed by atoms with Gasteiger partial charge >= 0.3 is 6.03 Å². The lowest BCUT2D eigenvalue weighted by Crippen LogP contribution is -2.43. The number of imide groups is 1. The van der Waals surface area contributed by atoms with Crippen LogP contribution in [0, 0.1) is 0 Å². The van der Waals surface area contributed by atoms with Crippen molar-refractivity contribution in [3.05, 3.63) is 40.9 Å². The molecule has 6 heteroatoms. The third-order valence-corrected chi connectivity index (χ3v) is 3.41. The third kappa shape index (κ3) is 3.95. The van der Waals surface area contributed by atoms with Crippen LogP contribution in [-0.4, -0.2) is 25.1 Å². The van der Waals surface area contributed by atoms with Crippen LogP contribution in [0.4, 0.5) is 4.79 Å². The highest BCUT2D eigenvalue weighted by atomic mass is 79.9. The summed E-state index contributed by atoms with van der Waals surface area (Å²) in [7, 11) is 1.44. The van der Waals surface area contributed by atoms with Crippen molar-refractivity contribution in [2.24, 2.45) is 0 Å². The Labute approximate surface area is 130 Å². The first-order valence-corrected chi connectivity index (χ1v) is 7.17. The molecule has 3 amide bonds. The molecule has 0 saturated carbocycles. The van der Waals surface area contributed by atoms with E-state index >= 15 is 0 Å². The number of amides is 3. The van der Waals surface area contributed by atoms with Gasteiger partial charge in [-0.2, -0.15) is 0 Å². The average Bonchev–Trinajstić information content (AvgIpc) is 2.47. The highest BCUT2D eigenvalue weighted by molar-refractivity contribution is 9.10. The maximum absolute atomic E-state index is 11.7. The highest BCUT2D eigenvalue weighted by Gasteiger charge is 2.16. The summed E-state index contributed by atoms with van der Waals surface area (Å²) >= 11 is 3.42. The topological polar surface area (TPSA) is 67.4 Å². The van der Waals surface area contributed by atoms with E-state index in [-0.39, 0.29) is 0 Å². The predicted molar refractivity (Wildman–Crippen MR) is 84.3 cm³/mol. The van der Waals surface area contributed by atoms with E-state index in [0.717, 1.165) is 15.2 Å². The van der Waals surface area contributed by atoms with Crippen molar-refractivity contribution in [1.82, 2.24) is 10.6 Å². The fourth-order valence-electron chi connectivity index (χ4n) is 1.80. The zero-order valence-electron chi connectivity index (χ0n) is 11.6. The minimum Gasteiger partial charge on any atom is -0.481 e. The number of urea groups is 1. The number of hydrogen-bond donors (Lipinski definition) is 2. The Morgan fingerprint density at radius 3 is 2.52 bits per heavy atom. The van der Waals surface area contributed by atoms with E-state index in [1.807, 2.05) is 30.3 Å². The van der Waals surface area contributed by atoms with Crippen LogP contribution in [0.3, 0.4) is 0 Å². The number of rotatable bonds is 3. The van der Waals surface area contributed by atoms with Gasteiger partial charge in [-0.3, -0.25) is 10.1 Å². The number of carbonyl (C=O) groups excluding carboxylic acids is 2. The van der Waals surface area contributed by atoms with E-state index in [1.54, 1.807) is 13.0 Å². The Morgan fingerprint density at radius 1 is 1.14 bits per heavy atom. The fraction of sp³-hybridized carbons (Fsp3) is 0.200. The lowest BCUT2D eigenvalue weighted by molar-refractivity contribution is -0.126. The van der Waals surface area contributed by atoms with E-state index in [1.165, 1.54) is 7.05 Å². The number of halogens is 1. The van der Waals surface area contributed by atoms with E-state index in [4.69, 9.17) is 4.74 Å². The molecule has 0 aliphatic carbocycles. The van der Waals surface area contributed by atoms with Gasteiger partial charge in [0.2, 0.25) is 0 Å². The van der Waals surface area contributed by atoms with Crippen LogP contribution in [0.25, 0.3) is 10.8 Å². The third-order valence-electron chi connectivity index (χ3n) is 2.92. The number of hydrogen-bond acceptors (Lipinski definition) is 3. The number of carbonyl (C=O) groups is 2. The molecule has 110 valence electrons. The Hall–Kier alpha value is -2.08. The van der Waals surface area contributed by atoms with E-state index in [2.05, 4.69) is 26.6 Å². The molecule has 0 heterocycles. The van der Waals surface area contributed by atoms with Crippen molar-refractivity contribution in [3.8, 4) is 5.75 Å². The first kappa shape index (κ1) is 15.3. The summed E-state index contributed by atoms with van der Waals surface area (Å²) in [4.78, 5) is 22.8. The van der Waals surface area contributed by atoms with Gasteiger partial charge in [0, 0.05) is 11.5 Å². The lowest BCUT2D eigenvalue weighted by atomic mass is 10.1. The molecule has 5 nitrogen and oxygen atoms in total. The van der Waals surface area contributed by atoms with Crippen molar-refractivity contribution in [2.45, 2.75) is 13.0 Å². The van der Waals surface area contributed by atoms with Gasteiger partial charge in [-0.25, -0.2) is 4.79 Å². The summed E-state index contributed by atoms with van der Waals surface area (Å²) in [5.74, 6) is 0.0784. The SMILES string of the molecule is CNC(=O)NC(=O)[C@@H](C)Oc1ccc2cc(Br)ccc2c1. The molecular formula is C15H15BrN2O3. The number of fused-ring (bicyclic) bond motifs is 1. The van der Waals surface area contributed by atoms with Crippen LogP contribution >= 0.6 is 15.9 Å². The van der Waals surface area contributed by atoms with Crippen molar-refractivity contribution >= 4 is 38.6 Å². The summed E-state index contributed by atoms with van der Waals surface area (Å²) < 4.78 is 6.56. The van der Waals surface area contributed by atoms with Crippen LogP contribution in [0.2, 0.25) is 0 Å². The lowest BCUT2D eigenvalue weighted by Gasteiger charge is -2.14. The van der Waals surface area contributed by atoms with Gasteiger partial charge in [0.05, 0.1) is 0 Å². The van der Waals surface area contributed by atoms with E-state index in [9.17, 15) is 9.59 Å². The molecule has 0 fully saturated rings. The van der Waals surface area contributed by atoms with Gasteiger partial charge < -0.3 is 10.1 Å². The number of ether oxygens (including phenoxy) is 1. The molecule has 0 bridgehead atoms. The van der Waals surface area contributed by atoms with Crippen molar-refractivity contribution in [3.63, 3.8) is 0 Å². The van der Waals surface area contributed by atoms with Crippen LogP contribution in [0.15, 0.2) is 40.9 Å². The molecule has 0 aromatic heterocycles. The number of nitrogens with one attached hydrogen (secondary N) is 2. The average molecular weight is 351 g/mol. The summed E-state index contributed by atoms with van der Waals surface area (Å²) in [6.45, 7) is 1.59.